The Morgan fingerprint density at radius 2 is 1.90 bits per heavy atom. The molecule has 0 saturated heterocycles. The number of rotatable bonds is 6. The average molecular weight is 439 g/mol. The largest absolute Gasteiger partial charge is 0.352 e. The normalized spacial score (nSPS) is 12.4. The number of aryl methyl sites for hydroxylation is 1. The number of benzene rings is 2. The summed E-state index contributed by atoms with van der Waals surface area (Å²) in [5.74, 6) is -0.997. The summed E-state index contributed by atoms with van der Waals surface area (Å²) in [6.07, 6.45) is 2.93. The Bertz CT molecular complexity index is 1300. The van der Waals surface area contributed by atoms with Crippen molar-refractivity contribution >= 4 is 35.2 Å². The number of carbonyl (C=O) groups excluding carboxylic acids is 2. The maximum absolute atomic E-state index is 13.5. The second kappa shape index (κ2) is 9.66. The van der Waals surface area contributed by atoms with Crippen LogP contribution in [0.15, 0.2) is 53.3 Å². The zero-order chi connectivity index (χ0) is 22.5. The zero-order valence-corrected chi connectivity index (χ0v) is 18.3. The lowest BCUT2D eigenvalue weighted by molar-refractivity contribution is -0.122. The number of nitrogens with one attached hydrogen (secondary N) is 1. The van der Waals surface area contributed by atoms with Gasteiger partial charge in [0.25, 0.3) is 5.56 Å². The SMILES string of the molecule is Cc1ccccc1C(=O)/C=c1\s/c(=C\c2cccc(F)c2)c(=O)n1CC(=O)NC(C)C. The number of amides is 1. The summed E-state index contributed by atoms with van der Waals surface area (Å²) in [4.78, 5) is 38.2. The van der Waals surface area contributed by atoms with Crippen LogP contribution >= 0.6 is 11.3 Å². The van der Waals surface area contributed by atoms with Gasteiger partial charge in [-0.25, -0.2) is 4.39 Å². The highest BCUT2D eigenvalue weighted by Gasteiger charge is 2.13. The van der Waals surface area contributed by atoms with Crippen LogP contribution in [-0.4, -0.2) is 22.3 Å². The van der Waals surface area contributed by atoms with Gasteiger partial charge in [-0.2, -0.15) is 0 Å². The van der Waals surface area contributed by atoms with Crippen LogP contribution in [0.2, 0.25) is 0 Å². The number of Topliss-reactive ketones (excluding diaryl/α,β-unsaturated/α-hetero) is 1. The van der Waals surface area contributed by atoms with Gasteiger partial charge in [-0.15, -0.1) is 11.3 Å². The first-order valence-electron chi connectivity index (χ1n) is 9.82. The van der Waals surface area contributed by atoms with E-state index >= 15 is 0 Å². The molecule has 2 aromatic carbocycles. The molecule has 1 aromatic heterocycles. The van der Waals surface area contributed by atoms with Crippen LogP contribution in [0.4, 0.5) is 4.39 Å². The van der Waals surface area contributed by atoms with Crippen LogP contribution in [0.3, 0.4) is 0 Å². The first-order valence-corrected chi connectivity index (χ1v) is 10.6. The zero-order valence-electron chi connectivity index (χ0n) is 17.5. The van der Waals surface area contributed by atoms with Gasteiger partial charge in [-0.1, -0.05) is 36.4 Å². The second-order valence-electron chi connectivity index (χ2n) is 7.44. The highest BCUT2D eigenvalue weighted by molar-refractivity contribution is 7.07. The van der Waals surface area contributed by atoms with Crippen molar-refractivity contribution in [3.8, 4) is 0 Å². The van der Waals surface area contributed by atoms with Crippen molar-refractivity contribution in [2.45, 2.75) is 33.4 Å². The lowest BCUT2D eigenvalue weighted by atomic mass is 10.1. The monoisotopic (exact) mass is 438 g/mol. The molecule has 0 unspecified atom stereocenters. The second-order valence-corrected chi connectivity index (χ2v) is 8.50. The molecule has 5 nitrogen and oxygen atoms in total. The molecule has 1 N–H and O–H groups in total. The summed E-state index contributed by atoms with van der Waals surface area (Å²) in [7, 11) is 0. The number of aromatic nitrogens is 1. The van der Waals surface area contributed by atoms with Crippen molar-refractivity contribution in [2.24, 2.45) is 0 Å². The lowest BCUT2D eigenvalue weighted by Gasteiger charge is -2.08. The van der Waals surface area contributed by atoms with Gasteiger partial charge in [0.2, 0.25) is 5.91 Å². The summed E-state index contributed by atoms with van der Waals surface area (Å²) in [5, 5.41) is 2.75. The van der Waals surface area contributed by atoms with Crippen LogP contribution in [0.25, 0.3) is 12.2 Å². The van der Waals surface area contributed by atoms with Crippen molar-refractivity contribution < 1.29 is 14.0 Å². The summed E-state index contributed by atoms with van der Waals surface area (Å²) < 4.78 is 15.5. The molecule has 0 aliphatic rings. The smallest absolute Gasteiger partial charge is 0.269 e. The van der Waals surface area contributed by atoms with Gasteiger partial charge in [0.1, 0.15) is 17.0 Å². The molecule has 0 aliphatic carbocycles. The maximum atomic E-state index is 13.5. The van der Waals surface area contributed by atoms with Crippen molar-refractivity contribution in [1.29, 1.82) is 0 Å². The topological polar surface area (TPSA) is 68.2 Å². The van der Waals surface area contributed by atoms with Gasteiger partial charge in [0.15, 0.2) is 5.78 Å². The predicted molar refractivity (Wildman–Crippen MR) is 121 cm³/mol. The van der Waals surface area contributed by atoms with Crippen LogP contribution in [0, 0.1) is 12.7 Å². The molecule has 0 aliphatic heterocycles. The standard InChI is InChI=1S/C24H23FN2O3S/c1-15(2)26-22(29)14-27-23(13-20(28)19-10-5-4-7-16(19)3)31-21(24(27)30)12-17-8-6-9-18(25)11-17/h4-13,15H,14H2,1-3H3,(H,26,29)/b21-12-,23-13-. The quantitative estimate of drug-likeness (QED) is 0.601. The Balaban J connectivity index is 2.14. The van der Waals surface area contributed by atoms with Crippen LogP contribution in [0.5, 0.6) is 0 Å². The summed E-state index contributed by atoms with van der Waals surface area (Å²) in [6.45, 7) is 5.28. The van der Waals surface area contributed by atoms with Gasteiger partial charge in [-0.05, 0) is 50.1 Å². The Hall–Kier alpha value is -3.32. The third-order valence-corrected chi connectivity index (χ3v) is 5.56. The number of carbonyl (C=O) groups is 2. The van der Waals surface area contributed by atoms with Crippen molar-refractivity contribution in [3.63, 3.8) is 0 Å². The van der Waals surface area contributed by atoms with E-state index in [0.29, 0.717) is 20.3 Å². The van der Waals surface area contributed by atoms with E-state index in [2.05, 4.69) is 5.32 Å². The fourth-order valence-electron chi connectivity index (χ4n) is 3.09. The van der Waals surface area contributed by atoms with E-state index in [0.717, 1.165) is 16.9 Å². The Labute approximate surface area is 183 Å². The molecule has 3 rings (SSSR count). The number of hydrogen-bond acceptors (Lipinski definition) is 4. The van der Waals surface area contributed by atoms with E-state index < -0.39 is 11.4 Å². The van der Waals surface area contributed by atoms with Crippen LogP contribution in [0.1, 0.15) is 35.3 Å². The highest BCUT2D eigenvalue weighted by Crippen LogP contribution is 2.08. The van der Waals surface area contributed by atoms with Gasteiger partial charge >= 0.3 is 0 Å². The molecule has 0 atom stereocenters. The van der Waals surface area contributed by atoms with E-state index in [1.54, 1.807) is 30.3 Å². The van der Waals surface area contributed by atoms with E-state index in [9.17, 15) is 18.8 Å². The minimum atomic E-state index is -0.413. The molecule has 3 aromatic rings. The molecule has 1 amide bonds. The first kappa shape index (κ1) is 22.4. The molecule has 0 saturated carbocycles. The fraction of sp³-hybridized carbons (Fsp3) is 0.208. The van der Waals surface area contributed by atoms with Gasteiger partial charge in [0, 0.05) is 17.7 Å². The number of hydrogen-bond donors (Lipinski definition) is 1. The molecule has 0 bridgehead atoms. The van der Waals surface area contributed by atoms with E-state index in [1.165, 1.54) is 22.8 Å². The molecular formula is C24H23FN2O3S. The minimum Gasteiger partial charge on any atom is -0.352 e. The third-order valence-electron chi connectivity index (χ3n) is 4.50. The third kappa shape index (κ3) is 5.64. The fourth-order valence-corrected chi connectivity index (χ4v) is 4.13. The summed E-state index contributed by atoms with van der Waals surface area (Å²) in [6, 6.07) is 13.0. The predicted octanol–water partition coefficient (Wildman–Crippen LogP) is 2.37. The molecule has 0 spiro atoms. The number of nitrogens with zero attached hydrogens (tertiary/aromatic N) is 1. The minimum absolute atomic E-state index is 0.0822. The number of halogens is 1. The Morgan fingerprint density at radius 3 is 2.58 bits per heavy atom. The summed E-state index contributed by atoms with van der Waals surface area (Å²) >= 11 is 1.09. The van der Waals surface area contributed by atoms with E-state index in [-0.39, 0.29) is 24.3 Å². The molecule has 0 fully saturated rings. The van der Waals surface area contributed by atoms with E-state index in [1.807, 2.05) is 32.9 Å². The van der Waals surface area contributed by atoms with Gasteiger partial charge in [-0.3, -0.25) is 19.0 Å². The molecule has 7 heteroatoms. The van der Waals surface area contributed by atoms with Crippen molar-refractivity contribution in [1.82, 2.24) is 9.88 Å². The molecule has 160 valence electrons. The lowest BCUT2D eigenvalue weighted by Crippen LogP contribution is -2.40. The molecule has 1 heterocycles. The first-order chi connectivity index (χ1) is 14.7. The Kier molecular flexibility index (Phi) is 6.97. The molecular weight excluding hydrogens is 415 g/mol. The number of ketones is 1. The van der Waals surface area contributed by atoms with Gasteiger partial charge < -0.3 is 5.32 Å². The molecule has 31 heavy (non-hydrogen) atoms. The molecule has 0 radical (unpaired) electrons. The summed E-state index contributed by atoms with van der Waals surface area (Å²) in [5.41, 5.74) is 1.46. The van der Waals surface area contributed by atoms with Gasteiger partial charge in [0.05, 0.1) is 4.53 Å². The van der Waals surface area contributed by atoms with E-state index in [4.69, 9.17) is 0 Å². The van der Waals surface area contributed by atoms with Crippen LogP contribution in [-0.2, 0) is 11.3 Å². The maximum Gasteiger partial charge on any atom is 0.269 e. The van der Waals surface area contributed by atoms with Crippen LogP contribution < -0.4 is 20.1 Å². The highest BCUT2D eigenvalue weighted by atomic mass is 32.1. The average Bonchev–Trinajstić information content (AvgIpc) is 2.96. The Morgan fingerprint density at radius 1 is 1.16 bits per heavy atom. The number of thiazole rings is 1. The van der Waals surface area contributed by atoms with Crippen molar-refractivity contribution in [2.75, 3.05) is 0 Å². The van der Waals surface area contributed by atoms with Crippen molar-refractivity contribution in [3.05, 3.63) is 90.6 Å².